The second-order valence-electron chi connectivity index (χ2n) is 5.21. The number of rotatable bonds is 4. The molecular formula is C15H22N2O. The van der Waals surface area contributed by atoms with E-state index in [4.69, 9.17) is 0 Å². The first-order valence-corrected chi connectivity index (χ1v) is 6.67. The van der Waals surface area contributed by atoms with Crippen LogP contribution in [0.4, 0.5) is 0 Å². The van der Waals surface area contributed by atoms with E-state index in [1.807, 2.05) is 24.1 Å². The first kappa shape index (κ1) is 13.1. The van der Waals surface area contributed by atoms with Crippen molar-refractivity contribution < 1.29 is 4.79 Å². The van der Waals surface area contributed by atoms with E-state index in [-0.39, 0.29) is 5.91 Å². The molecule has 1 heterocycles. The monoisotopic (exact) mass is 246 g/mol. The van der Waals surface area contributed by atoms with Crippen LogP contribution in [0.5, 0.6) is 0 Å². The Morgan fingerprint density at radius 1 is 1.39 bits per heavy atom. The molecule has 1 atom stereocenters. The maximum Gasteiger partial charge on any atom is 0.226 e. The van der Waals surface area contributed by atoms with Gasteiger partial charge in [-0.05, 0) is 38.4 Å². The zero-order chi connectivity index (χ0) is 13.0. The standard InChI is InChI=1S/C15H22N2O/c1-12-3-5-13(6-4-12)9-15(18)17-8-7-14(11-17)10-16-2/h3-6,14,16H,7-11H2,1-2H3/t14-/m0/s1. The van der Waals surface area contributed by atoms with E-state index in [0.717, 1.165) is 31.6 Å². The van der Waals surface area contributed by atoms with Crippen molar-refractivity contribution in [2.24, 2.45) is 5.92 Å². The van der Waals surface area contributed by atoms with Gasteiger partial charge >= 0.3 is 0 Å². The van der Waals surface area contributed by atoms with Crippen molar-refractivity contribution in [3.05, 3.63) is 35.4 Å². The van der Waals surface area contributed by atoms with E-state index in [2.05, 4.69) is 24.4 Å². The number of nitrogens with one attached hydrogen (secondary N) is 1. The molecule has 3 heteroatoms. The van der Waals surface area contributed by atoms with Crippen LogP contribution in [-0.2, 0) is 11.2 Å². The van der Waals surface area contributed by atoms with Gasteiger partial charge in [-0.2, -0.15) is 0 Å². The fourth-order valence-corrected chi connectivity index (χ4v) is 2.51. The fourth-order valence-electron chi connectivity index (χ4n) is 2.51. The highest BCUT2D eigenvalue weighted by Gasteiger charge is 2.25. The molecule has 1 N–H and O–H groups in total. The third kappa shape index (κ3) is 3.33. The third-order valence-corrected chi connectivity index (χ3v) is 3.61. The van der Waals surface area contributed by atoms with E-state index < -0.39 is 0 Å². The number of benzene rings is 1. The first-order chi connectivity index (χ1) is 8.69. The summed E-state index contributed by atoms with van der Waals surface area (Å²) in [5.74, 6) is 0.884. The van der Waals surface area contributed by atoms with Crippen LogP contribution in [0.2, 0.25) is 0 Å². The molecule has 1 aromatic rings. The SMILES string of the molecule is CNC[C@@H]1CCN(C(=O)Cc2ccc(C)cc2)C1. The van der Waals surface area contributed by atoms with Crippen molar-refractivity contribution in [1.29, 1.82) is 0 Å². The van der Waals surface area contributed by atoms with Crippen LogP contribution in [0.25, 0.3) is 0 Å². The zero-order valence-corrected chi connectivity index (χ0v) is 11.3. The van der Waals surface area contributed by atoms with Crippen LogP contribution in [0.15, 0.2) is 24.3 Å². The molecule has 0 unspecified atom stereocenters. The van der Waals surface area contributed by atoms with Gasteiger partial charge in [0.15, 0.2) is 0 Å². The Kier molecular flexibility index (Phi) is 4.37. The second kappa shape index (κ2) is 6.01. The fraction of sp³-hybridized carbons (Fsp3) is 0.533. The highest BCUT2D eigenvalue weighted by atomic mass is 16.2. The average Bonchev–Trinajstić information content (AvgIpc) is 2.81. The molecule has 0 bridgehead atoms. The lowest BCUT2D eigenvalue weighted by molar-refractivity contribution is -0.129. The molecule has 18 heavy (non-hydrogen) atoms. The van der Waals surface area contributed by atoms with Gasteiger partial charge in [-0.1, -0.05) is 29.8 Å². The number of nitrogens with zero attached hydrogens (tertiary/aromatic N) is 1. The van der Waals surface area contributed by atoms with Crippen molar-refractivity contribution in [3.8, 4) is 0 Å². The van der Waals surface area contributed by atoms with Crippen LogP contribution in [0, 0.1) is 12.8 Å². The van der Waals surface area contributed by atoms with Crippen LogP contribution in [0.1, 0.15) is 17.5 Å². The number of likely N-dealkylation sites (tertiary alicyclic amines) is 1. The Morgan fingerprint density at radius 3 is 2.78 bits per heavy atom. The first-order valence-electron chi connectivity index (χ1n) is 6.67. The smallest absolute Gasteiger partial charge is 0.226 e. The molecule has 1 amide bonds. The van der Waals surface area contributed by atoms with E-state index in [9.17, 15) is 4.79 Å². The van der Waals surface area contributed by atoms with Crippen LogP contribution in [-0.4, -0.2) is 37.5 Å². The van der Waals surface area contributed by atoms with Crippen LogP contribution >= 0.6 is 0 Å². The van der Waals surface area contributed by atoms with Crippen molar-refractivity contribution in [3.63, 3.8) is 0 Å². The van der Waals surface area contributed by atoms with Gasteiger partial charge in [0.25, 0.3) is 0 Å². The Bertz CT molecular complexity index is 399. The summed E-state index contributed by atoms with van der Waals surface area (Å²) in [5, 5.41) is 3.19. The normalized spacial score (nSPS) is 19.2. The van der Waals surface area contributed by atoms with E-state index in [1.165, 1.54) is 5.56 Å². The molecule has 3 nitrogen and oxygen atoms in total. The molecule has 1 aromatic carbocycles. The Balaban J connectivity index is 1.87. The summed E-state index contributed by atoms with van der Waals surface area (Å²) in [7, 11) is 1.97. The molecule has 98 valence electrons. The van der Waals surface area contributed by atoms with Gasteiger partial charge < -0.3 is 10.2 Å². The average molecular weight is 246 g/mol. The Hall–Kier alpha value is -1.35. The molecule has 0 aromatic heterocycles. The quantitative estimate of drug-likeness (QED) is 0.875. The van der Waals surface area contributed by atoms with Gasteiger partial charge in [0.05, 0.1) is 6.42 Å². The van der Waals surface area contributed by atoms with Gasteiger partial charge in [0.2, 0.25) is 5.91 Å². The molecule has 0 saturated carbocycles. The summed E-state index contributed by atoms with van der Waals surface area (Å²) >= 11 is 0. The van der Waals surface area contributed by atoms with Crippen molar-refractivity contribution in [1.82, 2.24) is 10.2 Å². The Labute approximate surface area is 109 Å². The molecule has 1 saturated heterocycles. The predicted octanol–water partition coefficient (Wildman–Crippen LogP) is 1.61. The van der Waals surface area contributed by atoms with Crippen molar-refractivity contribution in [2.75, 3.05) is 26.7 Å². The number of amides is 1. The molecular weight excluding hydrogens is 224 g/mol. The number of carbonyl (C=O) groups excluding carboxylic acids is 1. The summed E-state index contributed by atoms with van der Waals surface area (Å²) in [6, 6.07) is 8.23. The second-order valence-corrected chi connectivity index (χ2v) is 5.21. The third-order valence-electron chi connectivity index (χ3n) is 3.61. The maximum atomic E-state index is 12.2. The summed E-state index contributed by atoms with van der Waals surface area (Å²) in [5.41, 5.74) is 2.35. The number of hydrogen-bond acceptors (Lipinski definition) is 2. The summed E-state index contributed by atoms with van der Waals surface area (Å²) in [6.45, 7) is 4.89. The molecule has 2 rings (SSSR count). The number of aryl methyl sites for hydroxylation is 1. The maximum absolute atomic E-state index is 12.2. The molecule has 0 spiro atoms. The van der Waals surface area contributed by atoms with Gasteiger partial charge in [-0.25, -0.2) is 0 Å². The molecule has 0 aliphatic carbocycles. The Morgan fingerprint density at radius 2 is 2.11 bits per heavy atom. The summed E-state index contributed by atoms with van der Waals surface area (Å²) in [4.78, 5) is 14.2. The van der Waals surface area contributed by atoms with Gasteiger partial charge in [0, 0.05) is 13.1 Å². The number of hydrogen-bond donors (Lipinski definition) is 1. The number of carbonyl (C=O) groups is 1. The van der Waals surface area contributed by atoms with Crippen LogP contribution in [0.3, 0.4) is 0 Å². The van der Waals surface area contributed by atoms with E-state index >= 15 is 0 Å². The predicted molar refractivity (Wildman–Crippen MR) is 73.5 cm³/mol. The van der Waals surface area contributed by atoms with Crippen molar-refractivity contribution in [2.45, 2.75) is 19.8 Å². The largest absolute Gasteiger partial charge is 0.342 e. The highest BCUT2D eigenvalue weighted by molar-refractivity contribution is 5.79. The summed E-state index contributed by atoms with van der Waals surface area (Å²) in [6.07, 6.45) is 1.66. The van der Waals surface area contributed by atoms with E-state index in [1.54, 1.807) is 0 Å². The lowest BCUT2D eigenvalue weighted by Gasteiger charge is -2.16. The van der Waals surface area contributed by atoms with Gasteiger partial charge in [-0.3, -0.25) is 4.79 Å². The van der Waals surface area contributed by atoms with E-state index in [0.29, 0.717) is 12.3 Å². The molecule has 1 aliphatic rings. The van der Waals surface area contributed by atoms with Crippen LogP contribution < -0.4 is 5.32 Å². The minimum atomic E-state index is 0.262. The topological polar surface area (TPSA) is 32.3 Å². The molecule has 1 fully saturated rings. The highest BCUT2D eigenvalue weighted by Crippen LogP contribution is 2.16. The minimum absolute atomic E-state index is 0.262. The van der Waals surface area contributed by atoms with Gasteiger partial charge in [0.1, 0.15) is 0 Å². The zero-order valence-electron chi connectivity index (χ0n) is 11.3. The minimum Gasteiger partial charge on any atom is -0.342 e. The van der Waals surface area contributed by atoms with Crippen molar-refractivity contribution >= 4 is 5.91 Å². The lowest BCUT2D eigenvalue weighted by Crippen LogP contribution is -2.31. The van der Waals surface area contributed by atoms with Gasteiger partial charge in [-0.15, -0.1) is 0 Å². The molecule has 1 aliphatic heterocycles. The molecule has 0 radical (unpaired) electrons. The lowest BCUT2D eigenvalue weighted by atomic mass is 10.1. The summed E-state index contributed by atoms with van der Waals surface area (Å²) < 4.78 is 0.